The summed E-state index contributed by atoms with van der Waals surface area (Å²) >= 11 is 0. The molecule has 0 unspecified atom stereocenters. The molecule has 0 spiro atoms. The second-order valence-corrected chi connectivity index (χ2v) is 20.6. The lowest BCUT2D eigenvalue weighted by atomic mass is 9.84. The standard InChI is InChI=1S/C78H51NO3/c1-10-28-52(29-11-1)70(53-30-12-2-13-31-53)73(58-40-22-7-23-41-58)61-46-64-76-65(47-61)81-67-49-63(75(60-44-26-9-27-45-60)72(56-36-18-5-19-37-56)57-38-20-6-21-39-57)51-69-78(67)79(76)77-66(80-64)48-62(50-68(77)82-69)74(59-42-24-8-25-43-59)71(54-32-14-3-15-33-54)55-34-16-4-17-35-55/h1-51H. The maximum Gasteiger partial charge on any atom is 0.156 e. The van der Waals surface area contributed by atoms with E-state index in [0.717, 1.165) is 117 Å². The van der Waals surface area contributed by atoms with Crippen LogP contribution in [0.4, 0.5) is 17.1 Å². The summed E-state index contributed by atoms with van der Waals surface area (Å²) < 4.78 is 22.4. The summed E-state index contributed by atoms with van der Waals surface area (Å²) in [7, 11) is 0. The Morgan fingerprint density at radius 2 is 0.305 bits per heavy atom. The van der Waals surface area contributed by atoms with Gasteiger partial charge in [0.1, 0.15) is 17.1 Å². The molecule has 0 aliphatic carbocycles. The molecule has 0 saturated heterocycles. The van der Waals surface area contributed by atoms with Crippen LogP contribution in [0, 0.1) is 0 Å². The van der Waals surface area contributed by atoms with Gasteiger partial charge in [0, 0.05) is 0 Å². The Kier molecular flexibility index (Phi) is 12.2. The fourth-order valence-corrected chi connectivity index (χ4v) is 12.2. The number of ether oxygens (including phenoxy) is 3. The van der Waals surface area contributed by atoms with Crippen molar-refractivity contribution in [2.75, 3.05) is 4.90 Å². The Morgan fingerprint density at radius 3 is 0.451 bits per heavy atom. The van der Waals surface area contributed by atoms with E-state index in [1.54, 1.807) is 0 Å². The first-order chi connectivity index (χ1) is 40.7. The third-order valence-corrected chi connectivity index (χ3v) is 15.6. The van der Waals surface area contributed by atoms with Gasteiger partial charge in [0.2, 0.25) is 0 Å². The van der Waals surface area contributed by atoms with Crippen molar-refractivity contribution in [1.29, 1.82) is 0 Å². The summed E-state index contributed by atoms with van der Waals surface area (Å²) in [5.41, 5.74) is 21.4. The highest BCUT2D eigenvalue weighted by atomic mass is 16.5. The maximum absolute atomic E-state index is 7.48. The minimum atomic E-state index is 0.663. The molecule has 12 aromatic carbocycles. The smallest absolute Gasteiger partial charge is 0.156 e. The molecular weight excluding hydrogens is 999 g/mol. The van der Waals surface area contributed by atoms with Gasteiger partial charge >= 0.3 is 0 Å². The summed E-state index contributed by atoms with van der Waals surface area (Å²) in [5, 5.41) is 0. The molecule has 3 aliphatic heterocycles. The van der Waals surface area contributed by atoms with E-state index >= 15 is 0 Å². The Morgan fingerprint density at radius 1 is 0.171 bits per heavy atom. The second-order valence-electron chi connectivity index (χ2n) is 20.6. The fraction of sp³-hybridized carbons (Fsp3) is 0. The summed E-state index contributed by atoms with van der Waals surface area (Å²) in [6, 6.07) is 109. The van der Waals surface area contributed by atoms with Crippen molar-refractivity contribution in [1.82, 2.24) is 0 Å². The Labute approximate surface area is 477 Å². The summed E-state index contributed by atoms with van der Waals surface area (Å²) in [4.78, 5) is 2.33. The minimum absolute atomic E-state index is 0.663. The van der Waals surface area contributed by atoms with E-state index < -0.39 is 0 Å². The van der Waals surface area contributed by atoms with Crippen LogP contribution in [-0.4, -0.2) is 0 Å². The molecule has 3 heterocycles. The van der Waals surface area contributed by atoms with Crippen LogP contribution in [0.3, 0.4) is 0 Å². The molecule has 0 fully saturated rings. The molecule has 0 bridgehead atoms. The third-order valence-electron chi connectivity index (χ3n) is 15.6. The van der Waals surface area contributed by atoms with Crippen LogP contribution >= 0.6 is 0 Å². The zero-order valence-electron chi connectivity index (χ0n) is 44.6. The van der Waals surface area contributed by atoms with Crippen LogP contribution in [0.2, 0.25) is 0 Å². The van der Waals surface area contributed by atoms with Crippen molar-refractivity contribution >= 4 is 50.5 Å². The normalized spacial score (nSPS) is 11.9. The largest absolute Gasteiger partial charge is 0.453 e. The van der Waals surface area contributed by atoms with Crippen LogP contribution in [0.1, 0.15) is 66.8 Å². The topological polar surface area (TPSA) is 30.9 Å². The number of anilines is 3. The molecule has 15 rings (SSSR count). The van der Waals surface area contributed by atoms with Crippen LogP contribution in [-0.2, 0) is 0 Å². The Balaban J connectivity index is 1.04. The van der Waals surface area contributed by atoms with Crippen LogP contribution in [0.25, 0.3) is 33.4 Å². The quantitative estimate of drug-likeness (QED) is 0.114. The van der Waals surface area contributed by atoms with Crippen molar-refractivity contribution in [3.63, 3.8) is 0 Å². The van der Waals surface area contributed by atoms with E-state index in [2.05, 4.69) is 314 Å². The first-order valence-corrected chi connectivity index (χ1v) is 27.8. The lowest BCUT2D eigenvalue weighted by Crippen LogP contribution is -2.24. The molecule has 3 aliphatic rings. The first-order valence-electron chi connectivity index (χ1n) is 27.8. The first kappa shape index (κ1) is 48.2. The van der Waals surface area contributed by atoms with Crippen molar-refractivity contribution < 1.29 is 14.2 Å². The second kappa shape index (κ2) is 20.7. The molecule has 0 N–H and O–H groups in total. The van der Waals surface area contributed by atoms with E-state index in [9.17, 15) is 0 Å². The van der Waals surface area contributed by atoms with Crippen molar-refractivity contribution in [3.8, 4) is 34.5 Å². The summed E-state index contributed by atoms with van der Waals surface area (Å²) in [6.07, 6.45) is 0. The zero-order valence-corrected chi connectivity index (χ0v) is 44.6. The van der Waals surface area contributed by atoms with Crippen molar-refractivity contribution in [2.24, 2.45) is 0 Å². The van der Waals surface area contributed by atoms with Gasteiger partial charge in [-0.15, -0.1) is 0 Å². The number of hydrogen-bond acceptors (Lipinski definition) is 4. The van der Waals surface area contributed by atoms with Gasteiger partial charge in [-0.3, -0.25) is 4.90 Å². The van der Waals surface area contributed by atoms with Gasteiger partial charge in [-0.2, -0.15) is 0 Å². The van der Waals surface area contributed by atoms with Crippen molar-refractivity contribution in [3.05, 3.63) is 376 Å². The minimum Gasteiger partial charge on any atom is -0.453 e. The molecule has 82 heavy (non-hydrogen) atoms. The molecule has 386 valence electrons. The molecular formula is C78H51NO3. The maximum atomic E-state index is 7.48. The van der Waals surface area contributed by atoms with Crippen LogP contribution in [0.15, 0.2) is 309 Å². The SMILES string of the molecule is c1ccc(C(=C(c2ccccc2)c2cc3c4c(c2)Oc2cc(C(=C(c5ccccc5)c5ccccc5)c5ccccc5)cc5c2N4c2c(cc(C(=C(c4ccccc4)c4ccccc4)c4ccccc4)cc2O5)O3)c2ccccc2)cc1. The molecule has 4 heteroatoms. The lowest BCUT2D eigenvalue weighted by Gasteiger charge is -2.42. The predicted molar refractivity (Wildman–Crippen MR) is 334 cm³/mol. The van der Waals surface area contributed by atoms with Crippen LogP contribution < -0.4 is 19.1 Å². The molecule has 4 nitrogen and oxygen atoms in total. The molecule has 0 radical (unpaired) electrons. The number of nitrogens with zero attached hydrogens (tertiary/aromatic N) is 1. The molecule has 0 amide bonds. The number of benzene rings is 12. The zero-order chi connectivity index (χ0) is 54.3. The van der Waals surface area contributed by atoms with Crippen molar-refractivity contribution in [2.45, 2.75) is 0 Å². The highest BCUT2D eigenvalue weighted by Crippen LogP contribution is 2.68. The number of rotatable bonds is 12. The van der Waals surface area contributed by atoms with E-state index in [4.69, 9.17) is 14.2 Å². The van der Waals surface area contributed by atoms with Gasteiger partial charge in [-0.25, -0.2) is 0 Å². The van der Waals surface area contributed by atoms with E-state index in [1.165, 1.54) is 0 Å². The molecule has 0 aromatic heterocycles. The highest BCUT2D eigenvalue weighted by molar-refractivity contribution is 6.10. The number of hydrogen-bond donors (Lipinski definition) is 0. The van der Waals surface area contributed by atoms with Crippen LogP contribution in [0.5, 0.6) is 34.5 Å². The molecule has 0 atom stereocenters. The van der Waals surface area contributed by atoms with Gasteiger partial charge in [0.25, 0.3) is 0 Å². The average molecular weight is 1050 g/mol. The average Bonchev–Trinajstić information content (AvgIpc) is 3.36. The highest BCUT2D eigenvalue weighted by Gasteiger charge is 2.43. The molecule has 12 aromatic rings. The lowest BCUT2D eigenvalue weighted by molar-refractivity contribution is 0.417. The summed E-state index contributed by atoms with van der Waals surface area (Å²) in [5.74, 6) is 3.98. The van der Waals surface area contributed by atoms with E-state index in [1.807, 2.05) is 0 Å². The monoisotopic (exact) mass is 1050 g/mol. The van der Waals surface area contributed by atoms with Gasteiger partial charge in [0.05, 0.1) is 0 Å². The molecule has 0 saturated carbocycles. The van der Waals surface area contributed by atoms with Gasteiger partial charge in [-0.05, 0) is 137 Å². The third kappa shape index (κ3) is 8.58. The van der Waals surface area contributed by atoms with Gasteiger partial charge < -0.3 is 14.2 Å². The Bertz CT molecular complexity index is 3790. The van der Waals surface area contributed by atoms with Gasteiger partial charge in [0.15, 0.2) is 34.5 Å². The Hall–Kier alpha value is -10.9. The fourth-order valence-electron chi connectivity index (χ4n) is 12.2. The summed E-state index contributed by atoms with van der Waals surface area (Å²) in [6.45, 7) is 0. The predicted octanol–water partition coefficient (Wildman–Crippen LogP) is 20.5. The van der Waals surface area contributed by atoms with Gasteiger partial charge in [-0.1, -0.05) is 273 Å². The van der Waals surface area contributed by atoms with E-state index in [0.29, 0.717) is 34.5 Å². The van der Waals surface area contributed by atoms with E-state index in [-0.39, 0.29) is 0 Å².